The van der Waals surface area contributed by atoms with Crippen LogP contribution in [0.4, 0.5) is 9.80 Å². The number of fused-ring (bicyclic) bond motifs is 1. The number of hydrogen-bond acceptors (Lipinski definition) is 7. The molecule has 3 aromatic rings. The van der Waals surface area contributed by atoms with Crippen molar-refractivity contribution >= 4 is 45.2 Å². The Hall–Kier alpha value is -3.46. The topological polar surface area (TPSA) is 115 Å². The smallest absolute Gasteiger partial charge is 0.414 e. The van der Waals surface area contributed by atoms with Crippen molar-refractivity contribution in [1.29, 1.82) is 0 Å². The van der Waals surface area contributed by atoms with Crippen LogP contribution in [0.2, 0.25) is 0 Å². The normalized spacial score (nSPS) is 10.4. The summed E-state index contributed by atoms with van der Waals surface area (Å²) in [5.41, 5.74) is 0.0135. The van der Waals surface area contributed by atoms with Gasteiger partial charge in [-0.15, -0.1) is 11.3 Å². The molecule has 138 valence electrons. The summed E-state index contributed by atoms with van der Waals surface area (Å²) >= 11 is 1.08. The molecule has 1 aromatic carbocycles. The molecule has 0 aliphatic heterocycles. The number of nitrogens with one attached hydrogen (secondary N) is 2. The number of para-hydroxylation sites is 1. The maximum absolute atomic E-state index is 12.4. The van der Waals surface area contributed by atoms with Crippen LogP contribution in [-0.2, 0) is 4.74 Å². The monoisotopic (exact) mass is 386 g/mol. The second-order valence-electron chi connectivity index (χ2n) is 5.26. The average molecular weight is 386 g/mol. The summed E-state index contributed by atoms with van der Waals surface area (Å²) in [5, 5.41) is 6.71. The minimum Gasteiger partial charge on any atom is -0.451 e. The van der Waals surface area contributed by atoms with Crippen LogP contribution in [0, 0.1) is 0 Å². The lowest BCUT2D eigenvalue weighted by Gasteiger charge is -2.07. The minimum absolute atomic E-state index is 0.0875. The maximum Gasteiger partial charge on any atom is 0.414 e. The number of rotatable bonds is 4. The number of hydrogen-bond donors (Lipinski definition) is 2. The predicted octanol–water partition coefficient (Wildman–Crippen LogP) is 2.99. The standard InChI is InChI=1S/C18H14N2O6S/c1-2-25-18(24)20-15(22)11-7-8-27-17(11)19-16(23)14-9-12(21)10-5-3-4-6-13(10)26-14/h3-9H,2H2,1H3,(H,19,23)(H,20,22,24). The molecule has 3 rings (SSSR count). The number of ether oxygens (including phenoxy) is 1. The zero-order chi connectivity index (χ0) is 19.4. The van der Waals surface area contributed by atoms with E-state index in [1.807, 2.05) is 0 Å². The van der Waals surface area contributed by atoms with E-state index in [0.717, 1.165) is 17.4 Å². The molecule has 0 bridgehead atoms. The van der Waals surface area contributed by atoms with Gasteiger partial charge in [0.05, 0.1) is 17.6 Å². The van der Waals surface area contributed by atoms with Gasteiger partial charge in [-0.3, -0.25) is 19.7 Å². The molecule has 8 nitrogen and oxygen atoms in total. The van der Waals surface area contributed by atoms with Gasteiger partial charge in [-0.25, -0.2) is 4.79 Å². The van der Waals surface area contributed by atoms with E-state index >= 15 is 0 Å². The molecule has 0 saturated carbocycles. The number of carbonyl (C=O) groups is 3. The molecule has 0 aliphatic rings. The summed E-state index contributed by atoms with van der Waals surface area (Å²) in [6.07, 6.45) is -0.883. The van der Waals surface area contributed by atoms with Crippen molar-refractivity contribution < 1.29 is 23.5 Å². The van der Waals surface area contributed by atoms with Crippen molar-refractivity contribution in [1.82, 2.24) is 5.32 Å². The molecule has 0 radical (unpaired) electrons. The van der Waals surface area contributed by atoms with Crippen molar-refractivity contribution in [3.05, 3.63) is 63.3 Å². The zero-order valence-corrected chi connectivity index (χ0v) is 14.9. The van der Waals surface area contributed by atoms with Crippen molar-refractivity contribution in [3.8, 4) is 0 Å². The molecule has 0 fully saturated rings. The van der Waals surface area contributed by atoms with Crippen LogP contribution in [-0.4, -0.2) is 24.5 Å². The van der Waals surface area contributed by atoms with Crippen LogP contribution in [0.25, 0.3) is 11.0 Å². The first-order valence-electron chi connectivity index (χ1n) is 7.89. The van der Waals surface area contributed by atoms with Gasteiger partial charge in [0.15, 0.2) is 11.2 Å². The SMILES string of the molecule is CCOC(=O)NC(=O)c1ccsc1NC(=O)c1cc(=O)c2ccccc2o1. The van der Waals surface area contributed by atoms with E-state index in [1.165, 1.54) is 6.07 Å². The summed E-state index contributed by atoms with van der Waals surface area (Å²) in [4.78, 5) is 48.1. The summed E-state index contributed by atoms with van der Waals surface area (Å²) in [6.45, 7) is 1.73. The average Bonchev–Trinajstić information content (AvgIpc) is 3.10. The Morgan fingerprint density at radius 1 is 1.15 bits per heavy atom. The second kappa shape index (κ2) is 7.83. The van der Waals surface area contributed by atoms with E-state index in [0.29, 0.717) is 5.39 Å². The molecule has 0 saturated heterocycles. The third-order valence-electron chi connectivity index (χ3n) is 3.49. The molecule has 2 aromatic heterocycles. The van der Waals surface area contributed by atoms with Gasteiger partial charge >= 0.3 is 6.09 Å². The quantitative estimate of drug-likeness (QED) is 0.712. The van der Waals surface area contributed by atoms with Gasteiger partial charge in [0.2, 0.25) is 0 Å². The zero-order valence-electron chi connectivity index (χ0n) is 14.1. The number of alkyl carbamates (subject to hydrolysis) is 1. The predicted molar refractivity (Wildman–Crippen MR) is 99.2 cm³/mol. The fourth-order valence-corrected chi connectivity index (χ4v) is 3.07. The number of carbonyl (C=O) groups excluding carboxylic acids is 3. The first kappa shape index (κ1) is 18.3. The molecule has 0 unspecified atom stereocenters. The second-order valence-corrected chi connectivity index (χ2v) is 6.18. The summed E-state index contributed by atoms with van der Waals surface area (Å²) in [6, 6.07) is 9.09. The van der Waals surface area contributed by atoms with Gasteiger partial charge in [0, 0.05) is 6.07 Å². The van der Waals surface area contributed by atoms with E-state index in [4.69, 9.17) is 4.42 Å². The third kappa shape index (κ3) is 4.04. The number of imide groups is 1. The first-order valence-corrected chi connectivity index (χ1v) is 8.77. The van der Waals surface area contributed by atoms with E-state index in [-0.39, 0.29) is 33.9 Å². The number of amides is 3. The summed E-state index contributed by atoms with van der Waals surface area (Å²) < 4.78 is 10.1. The van der Waals surface area contributed by atoms with Crippen LogP contribution in [0.5, 0.6) is 0 Å². The molecule has 2 N–H and O–H groups in total. The van der Waals surface area contributed by atoms with Gasteiger partial charge in [-0.1, -0.05) is 12.1 Å². The largest absolute Gasteiger partial charge is 0.451 e. The Balaban J connectivity index is 1.81. The Kier molecular flexibility index (Phi) is 5.32. The maximum atomic E-state index is 12.4. The first-order chi connectivity index (χ1) is 13.0. The lowest BCUT2D eigenvalue weighted by atomic mass is 10.2. The highest BCUT2D eigenvalue weighted by atomic mass is 32.1. The van der Waals surface area contributed by atoms with Gasteiger partial charge < -0.3 is 14.5 Å². The Morgan fingerprint density at radius 2 is 1.93 bits per heavy atom. The van der Waals surface area contributed by atoms with Crippen LogP contribution >= 0.6 is 11.3 Å². The van der Waals surface area contributed by atoms with Gasteiger partial charge in [-0.2, -0.15) is 0 Å². The number of anilines is 1. The molecule has 2 heterocycles. The Morgan fingerprint density at radius 3 is 2.70 bits per heavy atom. The van der Waals surface area contributed by atoms with Crippen molar-refractivity contribution in [2.75, 3.05) is 11.9 Å². The van der Waals surface area contributed by atoms with Crippen LogP contribution in [0.3, 0.4) is 0 Å². The molecular weight excluding hydrogens is 372 g/mol. The van der Waals surface area contributed by atoms with E-state index in [9.17, 15) is 19.2 Å². The summed E-state index contributed by atoms with van der Waals surface area (Å²) in [5.74, 6) is -1.60. The van der Waals surface area contributed by atoms with Crippen molar-refractivity contribution in [2.24, 2.45) is 0 Å². The van der Waals surface area contributed by atoms with Crippen molar-refractivity contribution in [2.45, 2.75) is 6.92 Å². The summed E-state index contributed by atoms with van der Waals surface area (Å²) in [7, 11) is 0. The number of benzene rings is 1. The molecule has 27 heavy (non-hydrogen) atoms. The van der Waals surface area contributed by atoms with E-state index in [1.54, 1.807) is 36.6 Å². The molecular formula is C18H14N2O6S. The lowest BCUT2D eigenvalue weighted by molar-refractivity contribution is 0.0926. The highest BCUT2D eigenvalue weighted by Gasteiger charge is 2.20. The molecule has 9 heteroatoms. The van der Waals surface area contributed by atoms with Gasteiger partial charge in [0.1, 0.15) is 10.6 Å². The third-order valence-corrected chi connectivity index (χ3v) is 4.32. The minimum atomic E-state index is -0.883. The van der Waals surface area contributed by atoms with E-state index < -0.39 is 17.9 Å². The highest BCUT2D eigenvalue weighted by Crippen LogP contribution is 2.24. The molecule has 0 spiro atoms. The Bertz CT molecular complexity index is 1080. The number of thiophene rings is 1. The fourth-order valence-electron chi connectivity index (χ4n) is 2.29. The Labute approximate surface area is 156 Å². The van der Waals surface area contributed by atoms with Crippen LogP contribution in [0.15, 0.2) is 51.0 Å². The fraction of sp³-hybridized carbons (Fsp3) is 0.111. The van der Waals surface area contributed by atoms with Crippen LogP contribution < -0.4 is 16.1 Å². The lowest BCUT2D eigenvalue weighted by Crippen LogP contribution is -2.31. The van der Waals surface area contributed by atoms with E-state index in [2.05, 4.69) is 15.4 Å². The molecule has 0 atom stereocenters. The van der Waals surface area contributed by atoms with Gasteiger partial charge in [0.25, 0.3) is 11.8 Å². The van der Waals surface area contributed by atoms with Gasteiger partial charge in [-0.05, 0) is 30.5 Å². The van der Waals surface area contributed by atoms with Crippen molar-refractivity contribution in [3.63, 3.8) is 0 Å². The molecule has 0 aliphatic carbocycles. The molecule has 3 amide bonds. The highest BCUT2D eigenvalue weighted by molar-refractivity contribution is 7.14. The van der Waals surface area contributed by atoms with Crippen LogP contribution in [0.1, 0.15) is 27.8 Å².